The number of hydrogen-bond acceptors (Lipinski definition) is 3. The maximum atomic E-state index is 11.7. The van der Waals surface area contributed by atoms with E-state index in [9.17, 15) is 4.79 Å². The zero-order valence-electron chi connectivity index (χ0n) is 10.8. The Morgan fingerprint density at radius 3 is 2.67 bits per heavy atom. The molecule has 18 heavy (non-hydrogen) atoms. The molecule has 0 aliphatic carbocycles. The van der Waals surface area contributed by atoms with Crippen LogP contribution < -0.4 is 15.4 Å². The Bertz CT molecular complexity index is 458. The second kappa shape index (κ2) is 5.92. The van der Waals surface area contributed by atoms with Crippen LogP contribution >= 0.6 is 0 Å². The van der Waals surface area contributed by atoms with E-state index in [2.05, 4.69) is 10.6 Å². The average molecular weight is 247 g/mol. The Kier molecular flexibility index (Phi) is 4.55. The zero-order valence-corrected chi connectivity index (χ0v) is 10.8. The van der Waals surface area contributed by atoms with Crippen LogP contribution in [0, 0.1) is 11.3 Å². The van der Waals surface area contributed by atoms with Crippen molar-refractivity contribution in [3.05, 3.63) is 24.3 Å². The first kappa shape index (κ1) is 13.8. The molecule has 0 bridgehead atoms. The van der Waals surface area contributed by atoms with Gasteiger partial charge in [-0.1, -0.05) is 12.1 Å². The summed E-state index contributed by atoms with van der Waals surface area (Å²) in [6.07, 6.45) is 0. The highest BCUT2D eigenvalue weighted by Gasteiger charge is 2.14. The molecule has 0 heterocycles. The summed E-state index contributed by atoms with van der Waals surface area (Å²) < 4.78 is 5.21. The van der Waals surface area contributed by atoms with E-state index in [1.54, 1.807) is 24.3 Å². The lowest BCUT2D eigenvalue weighted by Crippen LogP contribution is -2.43. The van der Waals surface area contributed by atoms with Gasteiger partial charge in [0.15, 0.2) is 6.61 Å². The highest BCUT2D eigenvalue weighted by Crippen LogP contribution is 2.23. The minimum atomic E-state index is -0.313. The van der Waals surface area contributed by atoms with Crippen molar-refractivity contribution in [1.29, 1.82) is 5.26 Å². The van der Waals surface area contributed by atoms with Crippen LogP contribution in [0.25, 0.3) is 0 Å². The Labute approximate surface area is 107 Å². The molecular weight excluding hydrogens is 230 g/mol. The molecule has 1 rings (SSSR count). The fourth-order valence-corrected chi connectivity index (χ4v) is 1.30. The fourth-order valence-electron chi connectivity index (χ4n) is 1.30. The van der Waals surface area contributed by atoms with Crippen molar-refractivity contribution in [3.8, 4) is 11.8 Å². The van der Waals surface area contributed by atoms with Crippen LogP contribution in [0.3, 0.4) is 0 Å². The van der Waals surface area contributed by atoms with Crippen LogP contribution in [0.15, 0.2) is 24.3 Å². The van der Waals surface area contributed by atoms with Crippen molar-refractivity contribution in [2.24, 2.45) is 0 Å². The van der Waals surface area contributed by atoms with Gasteiger partial charge in [0.25, 0.3) is 0 Å². The fraction of sp³-hybridized carbons (Fsp3) is 0.385. The first-order valence-corrected chi connectivity index (χ1v) is 5.60. The number of urea groups is 1. The van der Waals surface area contributed by atoms with Gasteiger partial charge in [-0.25, -0.2) is 4.79 Å². The Morgan fingerprint density at radius 1 is 1.39 bits per heavy atom. The molecule has 0 aliphatic heterocycles. The molecule has 1 aromatic carbocycles. The number of carbonyl (C=O) groups is 1. The van der Waals surface area contributed by atoms with E-state index < -0.39 is 0 Å². The van der Waals surface area contributed by atoms with Crippen LogP contribution in [0.5, 0.6) is 5.75 Å². The lowest BCUT2D eigenvalue weighted by molar-refractivity contribution is 0.243. The first-order valence-electron chi connectivity index (χ1n) is 5.60. The van der Waals surface area contributed by atoms with Gasteiger partial charge >= 0.3 is 6.03 Å². The second-order valence-corrected chi connectivity index (χ2v) is 4.77. The molecular formula is C13H17N3O2. The molecule has 0 spiro atoms. The van der Waals surface area contributed by atoms with Gasteiger partial charge in [0.1, 0.15) is 11.8 Å². The molecule has 5 nitrogen and oxygen atoms in total. The van der Waals surface area contributed by atoms with E-state index in [0.29, 0.717) is 11.4 Å². The quantitative estimate of drug-likeness (QED) is 0.861. The number of nitriles is 1. The van der Waals surface area contributed by atoms with E-state index in [0.717, 1.165) is 0 Å². The molecule has 0 aromatic heterocycles. The minimum absolute atomic E-state index is 0.0560. The van der Waals surface area contributed by atoms with Crippen molar-refractivity contribution in [1.82, 2.24) is 5.32 Å². The Morgan fingerprint density at radius 2 is 2.06 bits per heavy atom. The van der Waals surface area contributed by atoms with Crippen molar-refractivity contribution in [2.45, 2.75) is 26.3 Å². The molecule has 0 radical (unpaired) electrons. The van der Waals surface area contributed by atoms with Gasteiger partial charge in [-0.15, -0.1) is 0 Å². The molecule has 0 aliphatic rings. The third kappa shape index (κ3) is 4.74. The van der Waals surface area contributed by atoms with Gasteiger partial charge in [0.05, 0.1) is 5.69 Å². The van der Waals surface area contributed by atoms with E-state index in [-0.39, 0.29) is 18.2 Å². The summed E-state index contributed by atoms with van der Waals surface area (Å²) in [4.78, 5) is 11.7. The number of nitrogens with zero attached hydrogens (tertiary/aromatic N) is 1. The van der Waals surface area contributed by atoms with E-state index >= 15 is 0 Å². The van der Waals surface area contributed by atoms with Gasteiger partial charge in [-0.3, -0.25) is 0 Å². The van der Waals surface area contributed by atoms with E-state index in [4.69, 9.17) is 10.00 Å². The normalized spacial score (nSPS) is 10.3. The topological polar surface area (TPSA) is 74.2 Å². The molecule has 0 saturated heterocycles. The summed E-state index contributed by atoms with van der Waals surface area (Å²) >= 11 is 0. The average Bonchev–Trinajstić information content (AvgIpc) is 2.25. The maximum absolute atomic E-state index is 11.7. The molecule has 96 valence electrons. The molecule has 0 unspecified atom stereocenters. The number of ether oxygens (including phenoxy) is 1. The van der Waals surface area contributed by atoms with Crippen LogP contribution in [-0.2, 0) is 0 Å². The van der Waals surface area contributed by atoms with Gasteiger partial charge in [-0.2, -0.15) is 5.26 Å². The van der Waals surface area contributed by atoms with Gasteiger partial charge < -0.3 is 15.4 Å². The first-order chi connectivity index (χ1) is 8.42. The largest absolute Gasteiger partial charge is 0.477 e. The van der Waals surface area contributed by atoms with Crippen molar-refractivity contribution < 1.29 is 9.53 Å². The maximum Gasteiger partial charge on any atom is 0.319 e. The van der Waals surface area contributed by atoms with Crippen LogP contribution in [0.4, 0.5) is 10.5 Å². The molecule has 0 fully saturated rings. The minimum Gasteiger partial charge on any atom is -0.477 e. The standard InChI is InChI=1S/C13H17N3O2/c1-13(2,3)16-12(17)15-10-6-4-5-7-11(10)18-9-8-14/h4-7H,9H2,1-3H3,(H2,15,16,17). The molecule has 2 N–H and O–H groups in total. The van der Waals surface area contributed by atoms with Crippen molar-refractivity contribution >= 4 is 11.7 Å². The summed E-state index contributed by atoms with van der Waals surface area (Å²) in [6, 6.07) is 8.55. The lowest BCUT2D eigenvalue weighted by atomic mass is 10.1. The molecule has 0 atom stereocenters. The third-order valence-corrected chi connectivity index (χ3v) is 1.92. The second-order valence-electron chi connectivity index (χ2n) is 4.77. The number of nitrogens with one attached hydrogen (secondary N) is 2. The summed E-state index contributed by atoms with van der Waals surface area (Å²) in [6.45, 7) is 5.62. The summed E-state index contributed by atoms with van der Waals surface area (Å²) in [5.74, 6) is 0.475. The molecule has 5 heteroatoms. The SMILES string of the molecule is CC(C)(C)NC(=O)Nc1ccccc1OCC#N. The number of para-hydroxylation sites is 2. The number of anilines is 1. The summed E-state index contributed by atoms with van der Waals surface area (Å²) in [5, 5.41) is 14.0. The summed E-state index contributed by atoms with van der Waals surface area (Å²) in [7, 11) is 0. The van der Waals surface area contributed by atoms with Gasteiger partial charge in [0.2, 0.25) is 0 Å². The van der Waals surface area contributed by atoms with Gasteiger partial charge in [0, 0.05) is 5.54 Å². The number of amides is 2. The lowest BCUT2D eigenvalue weighted by Gasteiger charge is -2.21. The third-order valence-electron chi connectivity index (χ3n) is 1.92. The van der Waals surface area contributed by atoms with Crippen molar-refractivity contribution in [2.75, 3.05) is 11.9 Å². The summed E-state index contributed by atoms with van der Waals surface area (Å²) in [5.41, 5.74) is 0.224. The van der Waals surface area contributed by atoms with E-state index in [1.807, 2.05) is 26.8 Å². The molecule has 0 saturated carbocycles. The zero-order chi connectivity index (χ0) is 13.6. The van der Waals surface area contributed by atoms with Gasteiger partial charge in [-0.05, 0) is 32.9 Å². The van der Waals surface area contributed by atoms with E-state index in [1.165, 1.54) is 0 Å². The molecule has 1 aromatic rings. The predicted octanol–water partition coefficient (Wildman–Crippen LogP) is 2.51. The Balaban J connectivity index is 2.72. The monoisotopic (exact) mass is 247 g/mol. The van der Waals surface area contributed by atoms with Crippen LogP contribution in [0.1, 0.15) is 20.8 Å². The predicted molar refractivity (Wildman–Crippen MR) is 69.5 cm³/mol. The smallest absolute Gasteiger partial charge is 0.319 e. The number of benzene rings is 1. The number of hydrogen-bond donors (Lipinski definition) is 2. The highest BCUT2D eigenvalue weighted by atomic mass is 16.5. The van der Waals surface area contributed by atoms with Crippen LogP contribution in [-0.4, -0.2) is 18.2 Å². The highest BCUT2D eigenvalue weighted by molar-refractivity contribution is 5.91. The number of carbonyl (C=O) groups excluding carboxylic acids is 1. The molecule has 2 amide bonds. The van der Waals surface area contributed by atoms with Crippen LogP contribution in [0.2, 0.25) is 0 Å². The van der Waals surface area contributed by atoms with Crippen molar-refractivity contribution in [3.63, 3.8) is 0 Å². The Hall–Kier alpha value is -2.22. The number of rotatable bonds is 3.